The molecule has 15 heavy (non-hydrogen) atoms. The lowest BCUT2D eigenvalue weighted by molar-refractivity contribution is -0.145. The summed E-state index contributed by atoms with van der Waals surface area (Å²) in [5.74, 6) is -1.16. The van der Waals surface area contributed by atoms with Gasteiger partial charge in [-0.15, -0.1) is 0 Å². The maximum atomic E-state index is 10.7. The van der Waals surface area contributed by atoms with Gasteiger partial charge in [0.25, 0.3) is 0 Å². The molecule has 0 heterocycles. The molecule has 0 aliphatic rings. The van der Waals surface area contributed by atoms with Gasteiger partial charge >= 0.3 is 5.97 Å². The third-order valence-electron chi connectivity index (χ3n) is 2.32. The molecule has 4 nitrogen and oxygen atoms in total. The van der Waals surface area contributed by atoms with E-state index in [0.29, 0.717) is 11.3 Å². The molecule has 1 aromatic rings. The Hall–Kier alpha value is -1.55. The molecule has 2 atom stereocenters. The lowest BCUT2D eigenvalue weighted by Gasteiger charge is -2.15. The molecule has 0 spiro atoms. The molecule has 0 aliphatic heterocycles. The van der Waals surface area contributed by atoms with E-state index >= 15 is 0 Å². The Morgan fingerprint density at radius 3 is 2.27 bits per heavy atom. The fourth-order valence-electron chi connectivity index (χ4n) is 1.22. The summed E-state index contributed by atoms with van der Waals surface area (Å²) in [5.41, 5.74) is 0.575. The first-order valence-corrected chi connectivity index (χ1v) is 4.61. The van der Waals surface area contributed by atoms with Gasteiger partial charge in [-0.05, 0) is 24.6 Å². The van der Waals surface area contributed by atoms with Crippen LogP contribution in [-0.2, 0) is 4.79 Å². The minimum Gasteiger partial charge on any atom is -0.497 e. The highest BCUT2D eigenvalue weighted by Gasteiger charge is 2.22. The second kappa shape index (κ2) is 4.79. The highest BCUT2D eigenvalue weighted by atomic mass is 16.5. The van der Waals surface area contributed by atoms with E-state index in [0.717, 1.165) is 0 Å². The number of aliphatic hydroxyl groups is 1. The van der Waals surface area contributed by atoms with Crippen LogP contribution in [0, 0.1) is 5.92 Å². The Morgan fingerprint density at radius 2 is 1.87 bits per heavy atom. The first-order valence-electron chi connectivity index (χ1n) is 4.61. The minimum atomic E-state index is -1.02. The molecule has 4 heteroatoms. The number of benzene rings is 1. The second-order valence-corrected chi connectivity index (χ2v) is 3.34. The van der Waals surface area contributed by atoms with Crippen LogP contribution in [0.2, 0.25) is 0 Å². The van der Waals surface area contributed by atoms with Gasteiger partial charge in [0, 0.05) is 0 Å². The third kappa shape index (κ3) is 2.70. The number of carbonyl (C=O) groups is 1. The van der Waals surface area contributed by atoms with Crippen LogP contribution in [0.25, 0.3) is 0 Å². The summed E-state index contributed by atoms with van der Waals surface area (Å²) in [5, 5.41) is 18.4. The van der Waals surface area contributed by atoms with E-state index in [1.54, 1.807) is 31.4 Å². The highest BCUT2D eigenvalue weighted by molar-refractivity contribution is 5.70. The van der Waals surface area contributed by atoms with Gasteiger partial charge in [0.2, 0.25) is 0 Å². The van der Waals surface area contributed by atoms with Crippen LogP contribution in [0.15, 0.2) is 24.3 Å². The predicted molar refractivity (Wildman–Crippen MR) is 54.8 cm³/mol. The molecule has 1 rings (SSSR count). The third-order valence-corrected chi connectivity index (χ3v) is 2.32. The van der Waals surface area contributed by atoms with Crippen LogP contribution in [0.5, 0.6) is 5.75 Å². The average molecular weight is 210 g/mol. The monoisotopic (exact) mass is 210 g/mol. The number of ether oxygens (including phenoxy) is 1. The van der Waals surface area contributed by atoms with Crippen LogP contribution < -0.4 is 4.74 Å². The van der Waals surface area contributed by atoms with Crippen molar-refractivity contribution in [1.29, 1.82) is 0 Å². The standard InChI is InChI=1S/C11H14O4/c1-7(11(13)14)10(12)8-3-5-9(15-2)6-4-8/h3-7,10,12H,1-2H3,(H,13,14)/t7-,10-/m1/s1. The molecule has 0 radical (unpaired) electrons. The number of carboxylic acid groups (broad SMARTS) is 1. The van der Waals surface area contributed by atoms with E-state index in [2.05, 4.69) is 0 Å². The summed E-state index contributed by atoms with van der Waals surface area (Å²) in [7, 11) is 1.55. The summed E-state index contributed by atoms with van der Waals surface area (Å²) in [6.07, 6.45) is -0.992. The number of aliphatic carboxylic acids is 1. The summed E-state index contributed by atoms with van der Waals surface area (Å²) in [6, 6.07) is 6.69. The van der Waals surface area contributed by atoms with Gasteiger partial charge in [0.15, 0.2) is 0 Å². The van der Waals surface area contributed by atoms with Crippen LogP contribution in [0.3, 0.4) is 0 Å². The number of aliphatic hydroxyl groups excluding tert-OH is 1. The van der Waals surface area contributed by atoms with E-state index in [-0.39, 0.29) is 0 Å². The van der Waals surface area contributed by atoms with E-state index in [4.69, 9.17) is 9.84 Å². The zero-order valence-electron chi connectivity index (χ0n) is 8.68. The SMILES string of the molecule is COc1ccc([C@H](O)[C@@H](C)C(=O)O)cc1. The van der Waals surface area contributed by atoms with Crippen molar-refractivity contribution in [2.24, 2.45) is 5.92 Å². The summed E-state index contributed by atoms with van der Waals surface area (Å²) < 4.78 is 4.96. The van der Waals surface area contributed by atoms with Crippen molar-refractivity contribution in [3.8, 4) is 5.75 Å². The van der Waals surface area contributed by atoms with E-state index < -0.39 is 18.0 Å². The van der Waals surface area contributed by atoms with Crippen molar-refractivity contribution < 1.29 is 19.7 Å². The van der Waals surface area contributed by atoms with Crippen molar-refractivity contribution in [3.05, 3.63) is 29.8 Å². The zero-order valence-corrected chi connectivity index (χ0v) is 8.68. The van der Waals surface area contributed by atoms with E-state index in [1.165, 1.54) is 6.92 Å². The molecule has 0 saturated carbocycles. The Balaban J connectivity index is 2.82. The Morgan fingerprint density at radius 1 is 1.33 bits per heavy atom. The molecule has 0 aromatic heterocycles. The molecule has 0 unspecified atom stereocenters. The van der Waals surface area contributed by atoms with Crippen LogP contribution >= 0.6 is 0 Å². The Kier molecular flexibility index (Phi) is 3.68. The van der Waals surface area contributed by atoms with Crippen molar-refractivity contribution in [3.63, 3.8) is 0 Å². The van der Waals surface area contributed by atoms with Gasteiger partial charge < -0.3 is 14.9 Å². The van der Waals surface area contributed by atoms with Gasteiger partial charge in [-0.2, -0.15) is 0 Å². The molecule has 0 fully saturated rings. The summed E-state index contributed by atoms with van der Waals surface area (Å²) >= 11 is 0. The van der Waals surface area contributed by atoms with E-state index in [9.17, 15) is 9.90 Å². The topological polar surface area (TPSA) is 66.8 Å². The van der Waals surface area contributed by atoms with Crippen LogP contribution in [0.4, 0.5) is 0 Å². The second-order valence-electron chi connectivity index (χ2n) is 3.34. The molecule has 0 bridgehead atoms. The summed E-state index contributed by atoms with van der Waals surface area (Å²) in [4.78, 5) is 10.7. The number of carboxylic acids is 1. The summed E-state index contributed by atoms with van der Waals surface area (Å²) in [6.45, 7) is 1.47. The highest BCUT2D eigenvalue weighted by Crippen LogP contribution is 2.23. The first-order chi connectivity index (χ1) is 7.06. The predicted octanol–water partition coefficient (Wildman–Crippen LogP) is 1.45. The normalized spacial score (nSPS) is 14.3. The lowest BCUT2D eigenvalue weighted by Crippen LogP contribution is -2.18. The smallest absolute Gasteiger partial charge is 0.309 e. The van der Waals surface area contributed by atoms with Gasteiger partial charge in [-0.3, -0.25) is 4.79 Å². The number of methoxy groups -OCH3 is 1. The molecule has 1 aromatic carbocycles. The van der Waals surface area contributed by atoms with Crippen molar-refractivity contribution >= 4 is 5.97 Å². The fourth-order valence-corrected chi connectivity index (χ4v) is 1.22. The lowest BCUT2D eigenvalue weighted by atomic mass is 9.98. The van der Waals surface area contributed by atoms with E-state index in [1.807, 2.05) is 0 Å². The molecule has 82 valence electrons. The fraction of sp³-hybridized carbons (Fsp3) is 0.364. The van der Waals surface area contributed by atoms with Crippen LogP contribution in [0.1, 0.15) is 18.6 Å². The quantitative estimate of drug-likeness (QED) is 0.789. The van der Waals surface area contributed by atoms with Gasteiger partial charge in [0.1, 0.15) is 5.75 Å². The van der Waals surface area contributed by atoms with Gasteiger partial charge in [0.05, 0.1) is 19.1 Å². The molecule has 0 amide bonds. The van der Waals surface area contributed by atoms with Crippen molar-refractivity contribution in [2.45, 2.75) is 13.0 Å². The molecule has 2 N–H and O–H groups in total. The van der Waals surface area contributed by atoms with Crippen LogP contribution in [-0.4, -0.2) is 23.3 Å². The maximum Gasteiger partial charge on any atom is 0.309 e. The molecule has 0 aliphatic carbocycles. The number of hydrogen-bond donors (Lipinski definition) is 2. The maximum absolute atomic E-state index is 10.7. The average Bonchev–Trinajstić information content (AvgIpc) is 2.27. The van der Waals surface area contributed by atoms with Crippen molar-refractivity contribution in [1.82, 2.24) is 0 Å². The number of rotatable bonds is 4. The Bertz CT molecular complexity index is 331. The Labute approximate surface area is 88.1 Å². The van der Waals surface area contributed by atoms with Gasteiger partial charge in [-0.25, -0.2) is 0 Å². The zero-order chi connectivity index (χ0) is 11.4. The number of hydrogen-bond acceptors (Lipinski definition) is 3. The minimum absolute atomic E-state index is 0.575. The van der Waals surface area contributed by atoms with Gasteiger partial charge in [-0.1, -0.05) is 12.1 Å². The molecular weight excluding hydrogens is 196 g/mol. The largest absolute Gasteiger partial charge is 0.497 e. The molecular formula is C11H14O4. The first kappa shape index (κ1) is 11.5. The van der Waals surface area contributed by atoms with Crippen molar-refractivity contribution in [2.75, 3.05) is 7.11 Å². The molecule has 0 saturated heterocycles.